The van der Waals surface area contributed by atoms with Gasteiger partial charge in [0.05, 0.1) is 5.60 Å². The van der Waals surface area contributed by atoms with Crippen molar-refractivity contribution in [2.75, 3.05) is 20.2 Å². The molecule has 0 amide bonds. The van der Waals surface area contributed by atoms with Crippen LogP contribution in [0.4, 0.5) is 0 Å². The topological polar surface area (TPSA) is 55.6 Å². The Balaban J connectivity index is 2.37. The highest BCUT2D eigenvalue weighted by atomic mass is 16.5. The summed E-state index contributed by atoms with van der Waals surface area (Å²) in [5, 5.41) is 1.79. The molecule has 0 atom stereocenters. The molecule has 2 N–H and O–H groups in total. The van der Waals surface area contributed by atoms with Crippen LogP contribution >= 0.6 is 0 Å². The number of carbonyl (C=O) groups is 1. The van der Waals surface area contributed by atoms with Crippen LogP contribution in [0.1, 0.15) is 28.8 Å². The third-order valence-electron chi connectivity index (χ3n) is 3.58. The van der Waals surface area contributed by atoms with Crippen LogP contribution in [0.2, 0.25) is 0 Å². The van der Waals surface area contributed by atoms with E-state index in [1.807, 2.05) is 24.3 Å². The Morgan fingerprint density at radius 1 is 1.35 bits per heavy atom. The van der Waals surface area contributed by atoms with Crippen LogP contribution in [0, 0.1) is 0 Å². The first-order valence-corrected chi connectivity index (χ1v) is 5.81. The van der Waals surface area contributed by atoms with Crippen molar-refractivity contribution in [3.8, 4) is 0 Å². The highest BCUT2D eigenvalue weighted by Crippen LogP contribution is 2.36. The molecular weight excluding hydrogens is 216 g/mol. The molecule has 0 saturated carbocycles. The Kier molecular flexibility index (Phi) is 3.57. The fourth-order valence-corrected chi connectivity index (χ4v) is 2.48. The fourth-order valence-electron chi connectivity index (χ4n) is 2.48. The van der Waals surface area contributed by atoms with Gasteiger partial charge in [0.1, 0.15) is 6.29 Å². The summed E-state index contributed by atoms with van der Waals surface area (Å²) in [6.45, 7) is 1.56. The molecule has 4 heteroatoms. The van der Waals surface area contributed by atoms with Gasteiger partial charge in [0.25, 0.3) is 0 Å². The number of rotatable bonds is 3. The molecular formula is C13H18N2O2. The van der Waals surface area contributed by atoms with E-state index < -0.39 is 0 Å². The molecule has 4 nitrogen and oxygen atoms in total. The molecule has 0 aromatic heterocycles. The van der Waals surface area contributed by atoms with Crippen molar-refractivity contribution in [2.45, 2.75) is 18.4 Å². The number of nitrogens with two attached hydrogens (primary N) is 1. The van der Waals surface area contributed by atoms with E-state index in [1.54, 1.807) is 12.1 Å². The van der Waals surface area contributed by atoms with E-state index >= 15 is 0 Å². The Morgan fingerprint density at radius 3 is 2.59 bits per heavy atom. The number of nitrogens with zero attached hydrogens (tertiary/aromatic N) is 1. The molecule has 0 spiro atoms. The van der Waals surface area contributed by atoms with Gasteiger partial charge in [-0.05, 0) is 18.4 Å². The number of ether oxygens (including phenoxy) is 1. The molecule has 1 aromatic carbocycles. The van der Waals surface area contributed by atoms with Gasteiger partial charge in [0, 0.05) is 25.8 Å². The second-order valence-electron chi connectivity index (χ2n) is 4.44. The zero-order valence-electron chi connectivity index (χ0n) is 10.1. The Labute approximate surface area is 101 Å². The molecule has 1 aliphatic heterocycles. The first-order valence-electron chi connectivity index (χ1n) is 5.81. The quantitative estimate of drug-likeness (QED) is 0.633. The van der Waals surface area contributed by atoms with Gasteiger partial charge in [-0.3, -0.25) is 10.6 Å². The lowest BCUT2D eigenvalue weighted by molar-refractivity contribution is -0.0629. The molecule has 1 saturated heterocycles. The first kappa shape index (κ1) is 12.2. The molecule has 0 radical (unpaired) electrons. The standard InChI is InChI=1S/C13H18N2O2/c1-17-13(6-8-15(14)9-7-13)12-5-3-2-4-11(12)10-16/h2-5,10H,6-9,14H2,1H3. The maximum atomic E-state index is 11.1. The summed E-state index contributed by atoms with van der Waals surface area (Å²) in [7, 11) is 1.70. The van der Waals surface area contributed by atoms with Crippen molar-refractivity contribution in [3.63, 3.8) is 0 Å². The van der Waals surface area contributed by atoms with Gasteiger partial charge in [-0.1, -0.05) is 24.3 Å². The minimum absolute atomic E-state index is 0.368. The van der Waals surface area contributed by atoms with E-state index in [1.165, 1.54) is 0 Å². The van der Waals surface area contributed by atoms with Gasteiger partial charge >= 0.3 is 0 Å². The van der Waals surface area contributed by atoms with Gasteiger partial charge < -0.3 is 4.74 Å². The van der Waals surface area contributed by atoms with Crippen molar-refractivity contribution in [1.82, 2.24) is 5.01 Å². The molecule has 1 aliphatic rings. The highest BCUT2D eigenvalue weighted by molar-refractivity contribution is 5.77. The van der Waals surface area contributed by atoms with Crippen molar-refractivity contribution >= 4 is 6.29 Å². The summed E-state index contributed by atoms with van der Waals surface area (Å²) in [4.78, 5) is 11.1. The molecule has 0 unspecified atom stereocenters. The molecule has 0 bridgehead atoms. The van der Waals surface area contributed by atoms with Crippen LogP contribution in [0.25, 0.3) is 0 Å². The minimum Gasteiger partial charge on any atom is -0.373 e. The average molecular weight is 234 g/mol. The number of hydrazine groups is 1. The summed E-state index contributed by atoms with van der Waals surface area (Å²) in [5.74, 6) is 5.77. The molecule has 1 aromatic rings. The SMILES string of the molecule is COC1(c2ccccc2C=O)CCN(N)CC1. The summed E-state index contributed by atoms with van der Waals surface area (Å²) >= 11 is 0. The number of hydrogen-bond donors (Lipinski definition) is 1. The molecule has 1 heterocycles. The smallest absolute Gasteiger partial charge is 0.150 e. The summed E-state index contributed by atoms with van der Waals surface area (Å²) in [6, 6.07) is 7.61. The summed E-state index contributed by atoms with van der Waals surface area (Å²) in [6.07, 6.45) is 2.51. The minimum atomic E-state index is -0.368. The zero-order chi connectivity index (χ0) is 12.3. The third-order valence-corrected chi connectivity index (χ3v) is 3.58. The normalized spacial score (nSPS) is 20.1. The molecule has 0 aliphatic carbocycles. The maximum Gasteiger partial charge on any atom is 0.150 e. The Bertz CT molecular complexity index is 398. The molecule has 1 fully saturated rings. The van der Waals surface area contributed by atoms with Gasteiger partial charge in [-0.2, -0.15) is 0 Å². The summed E-state index contributed by atoms with van der Waals surface area (Å²) < 4.78 is 5.71. The largest absolute Gasteiger partial charge is 0.373 e. The fraction of sp³-hybridized carbons (Fsp3) is 0.462. The van der Waals surface area contributed by atoms with Gasteiger partial charge in [0.2, 0.25) is 0 Å². The lowest BCUT2D eigenvalue weighted by Gasteiger charge is -2.40. The van der Waals surface area contributed by atoms with Gasteiger partial charge in [-0.25, -0.2) is 5.01 Å². The average Bonchev–Trinajstić information content (AvgIpc) is 2.40. The summed E-state index contributed by atoms with van der Waals surface area (Å²) in [5.41, 5.74) is 1.32. The second-order valence-corrected chi connectivity index (χ2v) is 4.44. The number of piperidine rings is 1. The number of benzene rings is 1. The molecule has 92 valence electrons. The Morgan fingerprint density at radius 2 is 2.00 bits per heavy atom. The van der Waals surface area contributed by atoms with E-state index in [0.717, 1.165) is 37.8 Å². The number of aldehydes is 1. The van der Waals surface area contributed by atoms with Crippen LogP contribution in [-0.2, 0) is 10.3 Å². The molecule has 17 heavy (non-hydrogen) atoms. The van der Waals surface area contributed by atoms with Crippen LogP contribution in [-0.4, -0.2) is 31.5 Å². The first-order chi connectivity index (χ1) is 8.22. The highest BCUT2D eigenvalue weighted by Gasteiger charge is 2.37. The van der Waals surface area contributed by atoms with Gasteiger partial charge in [0.15, 0.2) is 0 Å². The van der Waals surface area contributed by atoms with E-state index in [2.05, 4.69) is 0 Å². The molecule has 2 rings (SSSR count). The monoisotopic (exact) mass is 234 g/mol. The van der Waals surface area contributed by atoms with Crippen molar-refractivity contribution in [3.05, 3.63) is 35.4 Å². The van der Waals surface area contributed by atoms with Crippen LogP contribution in [0.15, 0.2) is 24.3 Å². The van der Waals surface area contributed by atoms with Gasteiger partial charge in [-0.15, -0.1) is 0 Å². The van der Waals surface area contributed by atoms with Crippen LogP contribution < -0.4 is 5.84 Å². The van der Waals surface area contributed by atoms with Crippen molar-refractivity contribution < 1.29 is 9.53 Å². The van der Waals surface area contributed by atoms with Crippen LogP contribution in [0.5, 0.6) is 0 Å². The maximum absolute atomic E-state index is 11.1. The second kappa shape index (κ2) is 4.96. The van der Waals surface area contributed by atoms with Crippen molar-refractivity contribution in [1.29, 1.82) is 0 Å². The zero-order valence-corrected chi connectivity index (χ0v) is 10.1. The lowest BCUT2D eigenvalue weighted by Crippen LogP contribution is -2.47. The number of hydrogen-bond acceptors (Lipinski definition) is 4. The Hall–Kier alpha value is -1.23. The van der Waals surface area contributed by atoms with Crippen LogP contribution in [0.3, 0.4) is 0 Å². The van der Waals surface area contributed by atoms with E-state index in [0.29, 0.717) is 5.56 Å². The van der Waals surface area contributed by atoms with Crippen molar-refractivity contribution in [2.24, 2.45) is 5.84 Å². The predicted octanol–water partition coefficient (Wildman–Crippen LogP) is 1.31. The third kappa shape index (κ3) is 2.24. The number of carbonyl (C=O) groups excluding carboxylic acids is 1. The van der Waals surface area contributed by atoms with E-state index in [9.17, 15) is 4.79 Å². The predicted molar refractivity (Wildman–Crippen MR) is 65.5 cm³/mol. The lowest BCUT2D eigenvalue weighted by atomic mass is 9.82. The number of methoxy groups -OCH3 is 1. The van der Waals surface area contributed by atoms with E-state index in [-0.39, 0.29) is 5.60 Å². The van der Waals surface area contributed by atoms with E-state index in [4.69, 9.17) is 10.6 Å².